The SMILES string of the molecule is CCCCCCCC(=[Si](C)C)[SiH](C)C. The van der Waals surface area contributed by atoms with Crippen molar-refractivity contribution in [2.24, 2.45) is 0 Å². The zero-order valence-corrected chi connectivity index (χ0v) is 13.0. The smallest absolute Gasteiger partial charge is 0.0538 e. The molecule has 0 rings (SSSR count). The summed E-state index contributed by atoms with van der Waals surface area (Å²) in [7, 11) is -0.527. The first-order valence-electron chi connectivity index (χ1n) is 6.25. The Balaban J connectivity index is 3.69. The van der Waals surface area contributed by atoms with Crippen molar-refractivity contribution >= 4 is 22.0 Å². The van der Waals surface area contributed by atoms with E-state index in [1.54, 1.807) is 0 Å². The Bertz CT molecular complexity index is 167. The Morgan fingerprint density at radius 2 is 1.57 bits per heavy atom. The van der Waals surface area contributed by atoms with E-state index in [4.69, 9.17) is 0 Å². The van der Waals surface area contributed by atoms with Crippen LogP contribution in [0.2, 0.25) is 26.2 Å². The van der Waals surface area contributed by atoms with Crippen molar-refractivity contribution in [3.05, 3.63) is 0 Å². The predicted octanol–water partition coefficient (Wildman–Crippen LogP) is 3.88. The molecular formula is C12H28Si2. The van der Waals surface area contributed by atoms with E-state index in [1.165, 1.54) is 38.5 Å². The topological polar surface area (TPSA) is 0 Å². The maximum atomic E-state index is 2.50. The normalized spacial score (nSPS) is 10.7. The molecule has 0 aromatic rings. The fraction of sp³-hybridized carbons (Fsp3) is 0.917. The summed E-state index contributed by atoms with van der Waals surface area (Å²) in [4.78, 5) is 2.01. The third kappa shape index (κ3) is 6.71. The van der Waals surface area contributed by atoms with Gasteiger partial charge in [-0.05, 0) is 14.8 Å². The predicted molar refractivity (Wildman–Crippen MR) is 74.7 cm³/mol. The van der Waals surface area contributed by atoms with Crippen LogP contribution in [0, 0.1) is 0 Å². The Morgan fingerprint density at radius 1 is 1.00 bits per heavy atom. The van der Waals surface area contributed by atoms with Gasteiger partial charge in [0.05, 0.1) is 8.80 Å². The van der Waals surface area contributed by atoms with Crippen LogP contribution in [0.15, 0.2) is 0 Å². The van der Waals surface area contributed by atoms with Crippen LogP contribution in [0.1, 0.15) is 45.4 Å². The molecule has 0 aromatic carbocycles. The monoisotopic (exact) mass is 228 g/mol. The van der Waals surface area contributed by atoms with Crippen LogP contribution < -0.4 is 0 Å². The molecule has 0 nitrogen and oxygen atoms in total. The van der Waals surface area contributed by atoms with Crippen LogP contribution in [0.3, 0.4) is 0 Å². The molecule has 0 saturated heterocycles. The van der Waals surface area contributed by atoms with Crippen molar-refractivity contribution in [3.8, 4) is 0 Å². The molecule has 84 valence electrons. The van der Waals surface area contributed by atoms with Gasteiger partial charge in [0.15, 0.2) is 0 Å². The average molecular weight is 229 g/mol. The molecular weight excluding hydrogens is 200 g/mol. The second-order valence-electron chi connectivity index (χ2n) is 4.84. The van der Waals surface area contributed by atoms with Gasteiger partial charge in [-0.2, -0.15) is 0 Å². The Labute approximate surface area is 93.9 Å². The summed E-state index contributed by atoms with van der Waals surface area (Å²) in [6.45, 7) is 12.2. The van der Waals surface area contributed by atoms with Gasteiger partial charge in [0.25, 0.3) is 0 Å². The summed E-state index contributed by atoms with van der Waals surface area (Å²) in [6.07, 6.45) is 8.66. The van der Waals surface area contributed by atoms with E-state index < -0.39 is 8.80 Å². The number of hydrogen-bond donors (Lipinski definition) is 0. The first-order chi connectivity index (χ1) is 6.59. The third-order valence-corrected chi connectivity index (χ3v) is 9.57. The Kier molecular flexibility index (Phi) is 8.79. The van der Waals surface area contributed by atoms with Gasteiger partial charge in [-0.25, -0.2) is 0 Å². The molecule has 0 unspecified atom stereocenters. The molecule has 0 spiro atoms. The Hall–Kier alpha value is 0.304. The lowest BCUT2D eigenvalue weighted by Crippen LogP contribution is -2.24. The van der Waals surface area contributed by atoms with Crippen molar-refractivity contribution in [1.29, 1.82) is 0 Å². The van der Waals surface area contributed by atoms with E-state index in [0.29, 0.717) is 0 Å². The molecule has 14 heavy (non-hydrogen) atoms. The largest absolute Gasteiger partial charge is 0.103 e. The van der Waals surface area contributed by atoms with Gasteiger partial charge in [0.1, 0.15) is 0 Å². The molecule has 0 radical (unpaired) electrons. The van der Waals surface area contributed by atoms with E-state index in [9.17, 15) is 0 Å². The molecule has 0 bridgehead atoms. The van der Waals surface area contributed by atoms with Crippen molar-refractivity contribution in [2.45, 2.75) is 71.6 Å². The molecule has 0 saturated carbocycles. The second-order valence-corrected chi connectivity index (χ2v) is 11.1. The van der Waals surface area contributed by atoms with Crippen LogP contribution >= 0.6 is 0 Å². The third-order valence-electron chi connectivity index (χ3n) is 2.89. The highest BCUT2D eigenvalue weighted by Crippen LogP contribution is 2.07. The van der Waals surface area contributed by atoms with Crippen molar-refractivity contribution in [1.82, 2.24) is 0 Å². The van der Waals surface area contributed by atoms with Crippen LogP contribution in [-0.4, -0.2) is 22.0 Å². The zero-order chi connectivity index (χ0) is 11.0. The molecule has 0 N–H and O–H groups in total. The molecule has 0 aromatic heterocycles. The lowest BCUT2D eigenvalue weighted by atomic mass is 10.1. The number of unbranched alkanes of at least 4 members (excludes halogenated alkanes) is 4. The highest BCUT2D eigenvalue weighted by molar-refractivity contribution is 7.05. The van der Waals surface area contributed by atoms with Gasteiger partial charge >= 0.3 is 0 Å². The molecule has 0 aliphatic rings. The molecule has 0 aliphatic heterocycles. The van der Waals surface area contributed by atoms with E-state index in [0.717, 1.165) is 0 Å². The molecule has 0 amide bonds. The summed E-state index contributed by atoms with van der Waals surface area (Å²) in [5.74, 6) is 0. The second kappa shape index (κ2) is 8.60. The molecule has 0 atom stereocenters. The van der Waals surface area contributed by atoms with Crippen LogP contribution in [0.5, 0.6) is 0 Å². The van der Waals surface area contributed by atoms with E-state index in [-0.39, 0.29) is 8.41 Å². The Morgan fingerprint density at radius 3 is 2.00 bits per heavy atom. The van der Waals surface area contributed by atoms with Crippen molar-refractivity contribution in [2.75, 3.05) is 0 Å². The van der Waals surface area contributed by atoms with Crippen LogP contribution in [0.4, 0.5) is 0 Å². The van der Waals surface area contributed by atoms with E-state index >= 15 is 0 Å². The molecule has 0 heterocycles. The lowest BCUT2D eigenvalue weighted by molar-refractivity contribution is 0.645. The fourth-order valence-corrected chi connectivity index (χ4v) is 8.11. The molecule has 2 heteroatoms. The lowest BCUT2D eigenvalue weighted by Gasteiger charge is -2.12. The summed E-state index contributed by atoms with van der Waals surface area (Å²) in [6, 6.07) is 0. The quantitative estimate of drug-likeness (QED) is 0.458. The minimum Gasteiger partial charge on any atom is -0.103 e. The summed E-state index contributed by atoms with van der Waals surface area (Å²) in [5, 5.41) is 0. The maximum absolute atomic E-state index is 2.50. The van der Waals surface area contributed by atoms with Gasteiger partial charge in [-0.3, -0.25) is 0 Å². The zero-order valence-electron chi connectivity index (χ0n) is 10.8. The standard InChI is InChI=1S/C12H28Si2/c1-6-7-8-9-10-11-12(13(2)3)14(4)5/h13H,6-11H2,1-5H3. The highest BCUT2D eigenvalue weighted by Gasteiger charge is 2.05. The number of hydrogen-bond acceptors (Lipinski definition) is 0. The van der Waals surface area contributed by atoms with E-state index in [2.05, 4.69) is 33.1 Å². The van der Waals surface area contributed by atoms with Crippen molar-refractivity contribution < 1.29 is 0 Å². The van der Waals surface area contributed by atoms with E-state index in [1.807, 2.05) is 4.79 Å². The summed E-state index contributed by atoms with van der Waals surface area (Å²) >= 11 is 0. The maximum Gasteiger partial charge on any atom is 0.0538 e. The molecule has 0 fully saturated rings. The first kappa shape index (κ1) is 14.3. The summed E-state index contributed by atoms with van der Waals surface area (Å²) in [5.41, 5.74) is 0. The number of rotatable bonds is 7. The van der Waals surface area contributed by atoms with Gasteiger partial charge in [-0.1, -0.05) is 65.2 Å². The van der Waals surface area contributed by atoms with Gasteiger partial charge in [0.2, 0.25) is 0 Å². The van der Waals surface area contributed by atoms with Crippen molar-refractivity contribution in [3.63, 3.8) is 0 Å². The summed E-state index contributed by atoms with van der Waals surface area (Å²) < 4.78 is 0. The first-order valence-corrected chi connectivity index (χ1v) is 11.6. The highest BCUT2D eigenvalue weighted by atomic mass is 28.3. The minimum absolute atomic E-state index is 0.0866. The fourth-order valence-electron chi connectivity index (χ4n) is 2.04. The molecule has 0 aliphatic carbocycles. The van der Waals surface area contributed by atoms with Gasteiger partial charge in [-0.15, -0.1) is 4.79 Å². The van der Waals surface area contributed by atoms with Crippen LogP contribution in [0.25, 0.3) is 0 Å². The average Bonchev–Trinajstić information content (AvgIpc) is 2.09. The van der Waals surface area contributed by atoms with Gasteiger partial charge in [0, 0.05) is 0 Å². The van der Waals surface area contributed by atoms with Crippen LogP contribution in [-0.2, 0) is 0 Å². The minimum atomic E-state index is -0.440. The van der Waals surface area contributed by atoms with Gasteiger partial charge < -0.3 is 0 Å².